The standard InChI is InChI=1S/C39H54N10O3.BrH.Co/c1-37(2,3)46-34(50)28-10-13-31(43-22-28)25-40-16-19-49(20-17-41-26-32-14-11-29(23-44-32)35(51)47-38(4,5)6)21-18-42-27-33-15-12-30(24-45-33)36(52)48-39(7,8)9;;/h10-15,22-27H,16-21H2,1-9H3,(H,46,50)(H,47,51)(H,48,52);1H;/p-1. The van der Waals surface area contributed by atoms with E-state index in [2.05, 4.69) is 50.8 Å². The molecule has 0 aromatic carbocycles. The maximum atomic E-state index is 12.4. The number of nitrogens with one attached hydrogen (secondary N) is 3. The van der Waals surface area contributed by atoms with E-state index in [4.69, 9.17) is 0 Å². The van der Waals surface area contributed by atoms with Crippen molar-refractivity contribution in [3.63, 3.8) is 0 Å². The van der Waals surface area contributed by atoms with Crippen LogP contribution in [-0.4, -0.2) is 112 Å². The Kier molecular flexibility index (Phi) is 19.7. The van der Waals surface area contributed by atoms with Gasteiger partial charge in [-0.15, -0.1) is 0 Å². The molecule has 295 valence electrons. The number of aliphatic imine (C=N–C) groups is 3. The predicted molar refractivity (Wildman–Crippen MR) is 208 cm³/mol. The number of carbonyl (C=O) groups excluding carboxylic acids is 3. The van der Waals surface area contributed by atoms with Gasteiger partial charge in [-0.2, -0.15) is 0 Å². The molecule has 3 rings (SSSR count). The summed E-state index contributed by atoms with van der Waals surface area (Å²) in [5.41, 5.74) is 2.48. The van der Waals surface area contributed by atoms with Gasteiger partial charge in [0, 0.05) is 90.3 Å². The van der Waals surface area contributed by atoms with Gasteiger partial charge in [0.1, 0.15) is 0 Å². The summed E-state index contributed by atoms with van der Waals surface area (Å²) in [6.45, 7) is 21.0. The van der Waals surface area contributed by atoms with E-state index in [1.165, 1.54) is 0 Å². The van der Waals surface area contributed by atoms with Crippen molar-refractivity contribution in [3.8, 4) is 0 Å². The molecule has 0 fully saturated rings. The van der Waals surface area contributed by atoms with E-state index in [0.717, 1.165) is 0 Å². The molecule has 0 unspecified atom stereocenters. The minimum atomic E-state index is -0.332. The van der Waals surface area contributed by atoms with Crippen molar-refractivity contribution in [1.82, 2.24) is 35.8 Å². The van der Waals surface area contributed by atoms with Gasteiger partial charge in [-0.3, -0.25) is 49.2 Å². The first-order chi connectivity index (χ1) is 24.4. The van der Waals surface area contributed by atoms with Crippen molar-refractivity contribution in [2.75, 3.05) is 39.3 Å². The number of pyridine rings is 3. The zero-order valence-corrected chi connectivity index (χ0v) is 35.4. The van der Waals surface area contributed by atoms with Crippen LogP contribution in [0.1, 0.15) is 110 Å². The normalized spacial score (nSPS) is 12.1. The molecule has 0 bridgehead atoms. The summed E-state index contributed by atoms with van der Waals surface area (Å²) in [6.07, 6.45) is 9.76. The maximum absolute atomic E-state index is 12.4. The first kappa shape index (κ1) is 47.8. The van der Waals surface area contributed by atoms with Gasteiger partial charge >= 0.3 is 0 Å². The van der Waals surface area contributed by atoms with E-state index in [0.29, 0.717) is 73.0 Å². The van der Waals surface area contributed by atoms with E-state index < -0.39 is 0 Å². The Balaban J connectivity index is 0.00000729. The van der Waals surface area contributed by atoms with Crippen molar-refractivity contribution in [1.29, 1.82) is 0 Å². The summed E-state index contributed by atoms with van der Waals surface area (Å²) in [5.74, 6) is -0.508. The molecule has 0 saturated heterocycles. The summed E-state index contributed by atoms with van der Waals surface area (Å²) >= 11 is 0. The molecule has 0 aliphatic carbocycles. The summed E-state index contributed by atoms with van der Waals surface area (Å²) in [4.78, 5) is 66.2. The SMILES string of the molecule is CC(C)(C)NC(=O)c1ccc(C=NCCN(CCN=Cc2ccc(C(=O)NC(C)(C)C)cn2)CCN=Cc2ccc(C(=O)NC(C)(C)C)cn2)nc1.[Br-].[Co]. The summed E-state index contributed by atoms with van der Waals surface area (Å²) < 4.78 is 0. The van der Waals surface area contributed by atoms with Crippen LogP contribution in [0.2, 0.25) is 0 Å². The van der Waals surface area contributed by atoms with E-state index in [9.17, 15) is 14.4 Å². The van der Waals surface area contributed by atoms with E-state index in [-0.39, 0.29) is 68.1 Å². The largest absolute Gasteiger partial charge is 1.00 e. The smallest absolute Gasteiger partial charge is 0.253 e. The van der Waals surface area contributed by atoms with Gasteiger partial charge in [0.25, 0.3) is 17.7 Å². The first-order valence-electron chi connectivity index (χ1n) is 17.4. The van der Waals surface area contributed by atoms with Gasteiger partial charge in [-0.25, -0.2) is 0 Å². The molecular formula is C39H54BrCoN10O3-. The quantitative estimate of drug-likeness (QED) is 0.195. The van der Waals surface area contributed by atoms with Crippen LogP contribution in [0.3, 0.4) is 0 Å². The van der Waals surface area contributed by atoms with Gasteiger partial charge in [0.15, 0.2) is 0 Å². The zero-order chi connectivity index (χ0) is 38.4. The molecule has 3 aromatic rings. The molecule has 1 radical (unpaired) electrons. The number of carbonyl (C=O) groups is 3. The summed E-state index contributed by atoms with van der Waals surface area (Å²) in [7, 11) is 0. The zero-order valence-electron chi connectivity index (χ0n) is 32.7. The third-order valence-electron chi connectivity index (χ3n) is 6.92. The van der Waals surface area contributed by atoms with Gasteiger partial charge in [0.05, 0.1) is 53.4 Å². The number of hydrogen-bond acceptors (Lipinski definition) is 10. The first-order valence-corrected chi connectivity index (χ1v) is 17.4. The average molecular weight is 850 g/mol. The molecule has 3 N–H and O–H groups in total. The average Bonchev–Trinajstić information content (AvgIpc) is 3.05. The Morgan fingerprint density at radius 3 is 1.00 bits per heavy atom. The Bertz CT molecular complexity index is 1510. The molecule has 13 nitrogen and oxygen atoms in total. The fourth-order valence-electron chi connectivity index (χ4n) is 4.49. The molecule has 0 saturated carbocycles. The van der Waals surface area contributed by atoms with Gasteiger partial charge in [0.2, 0.25) is 0 Å². The van der Waals surface area contributed by atoms with Crippen LogP contribution in [0.4, 0.5) is 0 Å². The summed E-state index contributed by atoms with van der Waals surface area (Å²) in [5, 5.41) is 8.79. The van der Waals surface area contributed by atoms with E-state index >= 15 is 0 Å². The summed E-state index contributed by atoms with van der Waals surface area (Å²) in [6, 6.07) is 10.5. The van der Waals surface area contributed by atoms with Crippen molar-refractivity contribution in [2.24, 2.45) is 15.0 Å². The minimum absolute atomic E-state index is 0. The molecular weight excluding hydrogens is 795 g/mol. The topological polar surface area (TPSA) is 166 Å². The third kappa shape index (κ3) is 19.2. The van der Waals surface area contributed by atoms with Crippen molar-refractivity contribution in [2.45, 2.75) is 78.9 Å². The Morgan fingerprint density at radius 1 is 0.537 bits per heavy atom. The Morgan fingerprint density at radius 2 is 0.796 bits per heavy atom. The van der Waals surface area contributed by atoms with Gasteiger partial charge in [-0.1, -0.05) is 0 Å². The van der Waals surface area contributed by atoms with Crippen LogP contribution < -0.4 is 32.9 Å². The molecule has 0 aliphatic rings. The minimum Gasteiger partial charge on any atom is -1.00 e. The van der Waals surface area contributed by atoms with E-state index in [1.807, 2.05) is 62.3 Å². The number of aromatic nitrogens is 3. The number of rotatable bonds is 15. The molecule has 54 heavy (non-hydrogen) atoms. The van der Waals surface area contributed by atoms with Crippen molar-refractivity contribution < 1.29 is 48.1 Å². The monoisotopic (exact) mass is 848 g/mol. The van der Waals surface area contributed by atoms with Crippen molar-refractivity contribution >= 4 is 36.4 Å². The Hall–Kier alpha value is -4.18. The second kappa shape index (κ2) is 22.3. The second-order valence-corrected chi connectivity index (χ2v) is 15.5. The molecule has 3 heterocycles. The van der Waals surface area contributed by atoms with E-state index in [1.54, 1.807) is 73.6 Å². The molecule has 0 atom stereocenters. The van der Waals surface area contributed by atoms with Crippen LogP contribution in [0, 0.1) is 0 Å². The third-order valence-corrected chi connectivity index (χ3v) is 6.92. The Labute approximate surface area is 340 Å². The maximum Gasteiger partial charge on any atom is 0.253 e. The van der Waals surface area contributed by atoms with Crippen LogP contribution in [0.5, 0.6) is 0 Å². The number of hydrogen-bond donors (Lipinski definition) is 3. The van der Waals surface area contributed by atoms with Crippen LogP contribution >= 0.6 is 0 Å². The number of amides is 3. The van der Waals surface area contributed by atoms with Crippen molar-refractivity contribution in [3.05, 3.63) is 88.8 Å². The predicted octanol–water partition coefficient (Wildman–Crippen LogP) is 1.42. The van der Waals surface area contributed by atoms with Crippen LogP contribution in [0.25, 0.3) is 0 Å². The number of nitrogens with zero attached hydrogens (tertiary/aromatic N) is 7. The molecule has 3 amide bonds. The molecule has 0 spiro atoms. The number of halogens is 1. The molecule has 15 heteroatoms. The fraction of sp³-hybridized carbons (Fsp3) is 0.462. The van der Waals surface area contributed by atoms with Gasteiger partial charge in [-0.05, 0) is 98.7 Å². The van der Waals surface area contributed by atoms with Gasteiger partial charge < -0.3 is 32.9 Å². The fourth-order valence-corrected chi connectivity index (χ4v) is 4.49. The van der Waals surface area contributed by atoms with Crippen LogP contribution in [-0.2, 0) is 16.8 Å². The van der Waals surface area contributed by atoms with Crippen LogP contribution in [0.15, 0.2) is 70.0 Å². The molecule has 0 aliphatic heterocycles. The molecule has 3 aromatic heterocycles. The second-order valence-electron chi connectivity index (χ2n) is 15.5.